The molecule has 3 rings (SSSR count). The molecule has 0 radical (unpaired) electrons. The predicted octanol–water partition coefficient (Wildman–Crippen LogP) is 4.88. The van der Waals surface area contributed by atoms with Crippen molar-refractivity contribution in [2.45, 2.75) is 59.3 Å². The second kappa shape index (κ2) is 17.0. The highest BCUT2D eigenvalue weighted by Gasteiger charge is 2.42. The van der Waals surface area contributed by atoms with Crippen molar-refractivity contribution in [3.05, 3.63) is 71.8 Å². The van der Waals surface area contributed by atoms with E-state index in [-0.39, 0.29) is 56.4 Å². The monoisotopic (exact) mass is 612 g/mol. The number of carbonyl (C=O) groups excluding carboxylic acids is 4. The number of benzene rings is 2. The van der Waals surface area contributed by atoms with Crippen molar-refractivity contribution in [1.29, 1.82) is 0 Å². The molecular weight excluding hydrogens is 568 g/mol. The van der Waals surface area contributed by atoms with Crippen LogP contribution in [0, 0.1) is 10.8 Å². The van der Waals surface area contributed by atoms with Gasteiger partial charge in [-0.1, -0.05) is 81.4 Å². The van der Waals surface area contributed by atoms with Gasteiger partial charge in [-0.05, 0) is 41.2 Å². The quantitative estimate of drug-likeness (QED) is 0.185. The molecule has 240 valence electrons. The van der Waals surface area contributed by atoms with Crippen LogP contribution in [0.25, 0.3) is 0 Å². The van der Waals surface area contributed by atoms with Gasteiger partial charge in [0.1, 0.15) is 26.4 Å². The Morgan fingerprint density at radius 1 is 0.659 bits per heavy atom. The van der Waals surface area contributed by atoms with Gasteiger partial charge in [-0.3, -0.25) is 0 Å². The molecule has 0 spiro atoms. The summed E-state index contributed by atoms with van der Waals surface area (Å²) in [5.41, 5.74) is 1.35. The molecule has 44 heavy (non-hydrogen) atoms. The maximum atomic E-state index is 12.5. The highest BCUT2D eigenvalue weighted by molar-refractivity contribution is 5.69. The molecule has 0 aliphatic heterocycles. The SMILES string of the molecule is CC1(C)CC(NC(=O)OCCNC(=O)OCc2ccccc2)CC(C)(CNC(=O)OCCNC(=O)OCc2ccccc2)C1. The van der Waals surface area contributed by atoms with Gasteiger partial charge >= 0.3 is 24.4 Å². The van der Waals surface area contributed by atoms with Crippen molar-refractivity contribution in [3.63, 3.8) is 0 Å². The average molecular weight is 613 g/mol. The van der Waals surface area contributed by atoms with E-state index >= 15 is 0 Å². The summed E-state index contributed by atoms with van der Waals surface area (Å²) in [5.74, 6) is 0. The molecule has 0 bridgehead atoms. The fourth-order valence-electron chi connectivity index (χ4n) is 5.56. The molecule has 1 fully saturated rings. The summed E-state index contributed by atoms with van der Waals surface area (Å²) >= 11 is 0. The fraction of sp³-hybridized carbons (Fsp3) is 0.500. The minimum absolute atomic E-state index is 0.00729. The smallest absolute Gasteiger partial charge is 0.407 e. The molecule has 1 saturated carbocycles. The first-order valence-corrected chi connectivity index (χ1v) is 14.7. The summed E-state index contributed by atoms with van der Waals surface area (Å²) in [6.07, 6.45) is -0.138. The second-order valence-electron chi connectivity index (χ2n) is 12.0. The summed E-state index contributed by atoms with van der Waals surface area (Å²) < 4.78 is 20.7. The number of amides is 4. The Balaban J connectivity index is 1.29. The van der Waals surface area contributed by atoms with Gasteiger partial charge in [-0.15, -0.1) is 0 Å². The number of rotatable bonds is 13. The lowest BCUT2D eigenvalue weighted by atomic mass is 9.62. The summed E-state index contributed by atoms with van der Waals surface area (Å²) in [7, 11) is 0. The normalized spacial score (nSPS) is 18.7. The van der Waals surface area contributed by atoms with E-state index in [1.165, 1.54) is 0 Å². The third kappa shape index (κ3) is 13.2. The van der Waals surface area contributed by atoms with Crippen LogP contribution in [0.3, 0.4) is 0 Å². The van der Waals surface area contributed by atoms with E-state index in [0.717, 1.165) is 24.0 Å². The van der Waals surface area contributed by atoms with Gasteiger partial charge < -0.3 is 40.2 Å². The van der Waals surface area contributed by atoms with E-state index in [0.29, 0.717) is 13.0 Å². The van der Waals surface area contributed by atoms with Crippen molar-refractivity contribution in [3.8, 4) is 0 Å². The highest BCUT2D eigenvalue weighted by Crippen LogP contribution is 2.45. The van der Waals surface area contributed by atoms with Gasteiger partial charge in [0.25, 0.3) is 0 Å². The molecule has 1 aliphatic rings. The van der Waals surface area contributed by atoms with Crippen LogP contribution >= 0.6 is 0 Å². The summed E-state index contributed by atoms with van der Waals surface area (Å²) in [6, 6.07) is 18.5. The topological polar surface area (TPSA) is 153 Å². The molecule has 0 aromatic heterocycles. The standard InChI is InChI=1S/C32H44N4O8/c1-31(2)18-26(36-30(40)42-17-15-34-28(38)44-21-25-12-8-5-9-13-25)19-32(3,22-31)23-35-29(39)41-16-14-33-27(37)43-20-24-10-6-4-7-11-24/h4-13,26H,14-23H2,1-3H3,(H,33,37)(H,34,38)(H,35,39)(H,36,40). The summed E-state index contributed by atoms with van der Waals surface area (Å²) in [4.78, 5) is 48.4. The molecule has 1 aliphatic carbocycles. The zero-order chi connectivity index (χ0) is 31.8. The van der Waals surface area contributed by atoms with Crippen LogP contribution in [0.2, 0.25) is 0 Å². The van der Waals surface area contributed by atoms with Gasteiger partial charge in [0, 0.05) is 12.6 Å². The minimum Gasteiger partial charge on any atom is -0.448 e. The molecule has 2 atom stereocenters. The molecule has 4 N–H and O–H groups in total. The van der Waals surface area contributed by atoms with Crippen LogP contribution in [0.4, 0.5) is 19.2 Å². The largest absolute Gasteiger partial charge is 0.448 e. The van der Waals surface area contributed by atoms with Crippen LogP contribution < -0.4 is 21.3 Å². The second-order valence-corrected chi connectivity index (χ2v) is 12.0. The zero-order valence-corrected chi connectivity index (χ0v) is 25.7. The van der Waals surface area contributed by atoms with Crippen LogP contribution in [0.1, 0.15) is 51.2 Å². The van der Waals surface area contributed by atoms with E-state index in [9.17, 15) is 19.2 Å². The molecule has 12 heteroatoms. The molecule has 4 amide bonds. The molecule has 2 aromatic rings. The van der Waals surface area contributed by atoms with Crippen LogP contribution in [-0.2, 0) is 32.2 Å². The summed E-state index contributed by atoms with van der Waals surface area (Å²) in [6.45, 7) is 7.17. The van der Waals surface area contributed by atoms with E-state index in [2.05, 4.69) is 42.0 Å². The van der Waals surface area contributed by atoms with Gasteiger partial charge in [-0.2, -0.15) is 0 Å². The van der Waals surface area contributed by atoms with Gasteiger partial charge in [0.05, 0.1) is 13.1 Å². The van der Waals surface area contributed by atoms with Crippen molar-refractivity contribution in [1.82, 2.24) is 21.3 Å². The minimum atomic E-state index is -0.593. The Kier molecular flexibility index (Phi) is 13.1. The maximum Gasteiger partial charge on any atom is 0.407 e. The van der Waals surface area contributed by atoms with Crippen LogP contribution in [0.15, 0.2) is 60.7 Å². The highest BCUT2D eigenvalue weighted by atomic mass is 16.6. The number of nitrogens with one attached hydrogen (secondary N) is 4. The lowest BCUT2D eigenvalue weighted by Crippen LogP contribution is -2.50. The van der Waals surface area contributed by atoms with E-state index in [1.54, 1.807) is 0 Å². The molecule has 12 nitrogen and oxygen atoms in total. The number of alkyl carbamates (subject to hydrolysis) is 4. The third-order valence-electron chi connectivity index (χ3n) is 7.06. The number of carbonyl (C=O) groups is 4. The Morgan fingerprint density at radius 3 is 1.66 bits per heavy atom. The van der Waals surface area contributed by atoms with Crippen molar-refractivity contribution >= 4 is 24.4 Å². The molecule has 0 heterocycles. The summed E-state index contributed by atoms with van der Waals surface area (Å²) in [5, 5.41) is 10.8. The zero-order valence-electron chi connectivity index (χ0n) is 25.7. The first-order chi connectivity index (χ1) is 21.0. The van der Waals surface area contributed by atoms with Gasteiger partial charge in [0.2, 0.25) is 0 Å². The first kappa shape index (κ1) is 34.0. The van der Waals surface area contributed by atoms with E-state index in [4.69, 9.17) is 18.9 Å². The number of hydrogen-bond acceptors (Lipinski definition) is 8. The molecule has 2 aromatic carbocycles. The molecule has 2 unspecified atom stereocenters. The molecular formula is C32H44N4O8. The third-order valence-corrected chi connectivity index (χ3v) is 7.06. The van der Waals surface area contributed by atoms with E-state index < -0.39 is 24.4 Å². The maximum absolute atomic E-state index is 12.5. The lowest BCUT2D eigenvalue weighted by Gasteiger charge is -2.46. The Hall–Kier alpha value is -4.48. The van der Waals surface area contributed by atoms with Crippen molar-refractivity contribution in [2.24, 2.45) is 10.8 Å². The number of hydrogen-bond donors (Lipinski definition) is 4. The predicted molar refractivity (Wildman–Crippen MR) is 163 cm³/mol. The average Bonchev–Trinajstić information content (AvgIpc) is 2.98. The van der Waals surface area contributed by atoms with Crippen LogP contribution in [-0.4, -0.2) is 63.3 Å². The van der Waals surface area contributed by atoms with Gasteiger partial charge in [0.15, 0.2) is 0 Å². The van der Waals surface area contributed by atoms with Crippen molar-refractivity contribution < 1.29 is 38.1 Å². The Labute approximate surface area is 258 Å². The number of ether oxygens (including phenoxy) is 4. The van der Waals surface area contributed by atoms with Crippen LogP contribution in [0.5, 0.6) is 0 Å². The Morgan fingerprint density at radius 2 is 1.14 bits per heavy atom. The first-order valence-electron chi connectivity index (χ1n) is 14.7. The van der Waals surface area contributed by atoms with Gasteiger partial charge in [-0.25, -0.2) is 19.2 Å². The van der Waals surface area contributed by atoms with E-state index in [1.807, 2.05) is 60.7 Å². The molecule has 0 saturated heterocycles. The lowest BCUT2D eigenvalue weighted by molar-refractivity contribution is 0.0624. The Bertz CT molecular complexity index is 1210. The fourth-order valence-corrected chi connectivity index (χ4v) is 5.56. The van der Waals surface area contributed by atoms with Crippen molar-refractivity contribution in [2.75, 3.05) is 32.8 Å².